The van der Waals surface area contributed by atoms with Gasteiger partial charge in [-0.15, -0.1) is 23.2 Å². The lowest BCUT2D eigenvalue weighted by molar-refractivity contribution is -0.141. The lowest BCUT2D eigenvalue weighted by Crippen LogP contribution is -2.48. The number of nitrogens with zero attached hydrogens (tertiary/aromatic N) is 5. The number of unbranched alkanes of at least 4 members (excludes halogenated alkanes) is 2. The van der Waals surface area contributed by atoms with E-state index < -0.39 is 43.3 Å². The van der Waals surface area contributed by atoms with Crippen LogP contribution in [-0.4, -0.2) is 160 Å². The molecule has 1 saturated carbocycles. The van der Waals surface area contributed by atoms with Gasteiger partial charge in [0.25, 0.3) is 11.8 Å². The van der Waals surface area contributed by atoms with Crippen LogP contribution < -0.4 is 24.4 Å². The van der Waals surface area contributed by atoms with Crippen molar-refractivity contribution in [3.63, 3.8) is 0 Å². The van der Waals surface area contributed by atoms with Crippen LogP contribution in [0.5, 0.6) is 11.5 Å². The van der Waals surface area contributed by atoms with Crippen LogP contribution in [0, 0.1) is 5.41 Å². The van der Waals surface area contributed by atoms with Crippen molar-refractivity contribution < 1.29 is 71.8 Å². The summed E-state index contributed by atoms with van der Waals surface area (Å²) in [5.74, 6) is -2.41. The van der Waals surface area contributed by atoms with E-state index in [1.165, 1.54) is 63.7 Å². The van der Waals surface area contributed by atoms with Crippen molar-refractivity contribution in [1.82, 2.24) is 20.0 Å². The van der Waals surface area contributed by atoms with Gasteiger partial charge >= 0.3 is 26.0 Å². The number of imide groups is 1. The molecule has 4 N–H and O–H groups in total. The summed E-state index contributed by atoms with van der Waals surface area (Å²) in [6.45, 7) is 0.900. The Kier molecular flexibility index (Phi) is 20.3. The van der Waals surface area contributed by atoms with E-state index in [4.69, 9.17) is 37.2 Å². The van der Waals surface area contributed by atoms with Crippen LogP contribution in [0.2, 0.25) is 0 Å². The van der Waals surface area contributed by atoms with Crippen LogP contribution in [0.25, 0.3) is 21.5 Å². The maximum Gasteiger partial charge on any atom is 0.524 e. The first-order chi connectivity index (χ1) is 38.7. The number of phosphoric acid groups is 1. The fourth-order valence-electron chi connectivity index (χ4n) is 10.7. The van der Waals surface area contributed by atoms with E-state index in [2.05, 4.69) is 5.32 Å². The normalized spacial score (nSPS) is 17.4. The van der Waals surface area contributed by atoms with Gasteiger partial charge in [0.05, 0.1) is 16.8 Å². The molecule has 1 aliphatic carbocycles. The molecule has 21 nitrogen and oxygen atoms in total. The fraction of sp³-hybridized carbons (Fsp3) is 0.455. The number of ether oxygens (including phenoxy) is 2. The first kappa shape index (κ1) is 61.0. The molecule has 0 saturated heterocycles. The molecule has 0 radical (unpaired) electrons. The molecular weight excluding hydrogens is 1150 g/mol. The van der Waals surface area contributed by atoms with Crippen molar-refractivity contribution in [3.8, 4) is 11.5 Å². The minimum Gasteiger partial charge on any atom is -0.480 e. The molecule has 434 valence electrons. The van der Waals surface area contributed by atoms with Crippen molar-refractivity contribution in [2.24, 2.45) is 5.41 Å². The summed E-state index contributed by atoms with van der Waals surface area (Å²) >= 11 is 13.1. The lowest BCUT2D eigenvalue weighted by Gasteiger charge is -2.43. The van der Waals surface area contributed by atoms with Crippen LogP contribution in [0.4, 0.5) is 21.0 Å². The van der Waals surface area contributed by atoms with Crippen molar-refractivity contribution in [3.05, 3.63) is 83.9 Å². The number of aliphatic carboxylic acids is 1. The summed E-state index contributed by atoms with van der Waals surface area (Å²) in [5.41, 5.74) is 1.72. The van der Waals surface area contributed by atoms with Gasteiger partial charge in [-0.2, -0.15) is 0 Å². The molecule has 8 rings (SSSR count). The highest BCUT2D eigenvalue weighted by atomic mass is 35.5. The van der Waals surface area contributed by atoms with E-state index in [1.807, 2.05) is 30.3 Å². The smallest absolute Gasteiger partial charge is 0.480 e. The number of carboxylic acid groups (broad SMARTS) is 1. The molecule has 4 aliphatic rings. The number of carbonyl (C=O) groups is 8. The Bertz CT molecular complexity index is 3160. The van der Waals surface area contributed by atoms with Gasteiger partial charge in [-0.1, -0.05) is 83.0 Å². The van der Waals surface area contributed by atoms with Crippen molar-refractivity contribution in [2.45, 2.75) is 75.7 Å². The number of nitrogens with one attached hydrogen (secondary N) is 1. The number of hydrogen-bond donors (Lipinski definition) is 4. The number of amides is 7. The molecule has 4 aromatic rings. The Balaban J connectivity index is 0.822. The van der Waals surface area contributed by atoms with E-state index in [1.54, 1.807) is 34.1 Å². The molecular formula is C55H63Cl2N6O15PS2. The number of halogens is 2. The second-order valence-corrected chi connectivity index (χ2v) is 24.8. The molecule has 3 heterocycles. The molecule has 26 heteroatoms. The van der Waals surface area contributed by atoms with Gasteiger partial charge in [-0.25, -0.2) is 18.9 Å². The number of likely N-dealkylation sites (N-methyl/N-ethyl adjacent to an activating group) is 2. The van der Waals surface area contributed by atoms with Crippen LogP contribution in [0.15, 0.2) is 72.8 Å². The average molecular weight is 1210 g/mol. The average Bonchev–Trinajstić information content (AvgIpc) is 4.34. The molecule has 3 aliphatic heterocycles. The highest BCUT2D eigenvalue weighted by molar-refractivity contribution is 8.76. The van der Waals surface area contributed by atoms with Gasteiger partial charge < -0.3 is 44.0 Å². The largest absolute Gasteiger partial charge is 0.524 e. The molecule has 4 aromatic carbocycles. The molecule has 0 bridgehead atoms. The van der Waals surface area contributed by atoms with Gasteiger partial charge in [-0.3, -0.25) is 38.7 Å². The second kappa shape index (κ2) is 26.9. The summed E-state index contributed by atoms with van der Waals surface area (Å²) < 4.78 is 28.6. The van der Waals surface area contributed by atoms with Gasteiger partial charge in [0, 0.05) is 130 Å². The molecule has 0 spiro atoms. The maximum atomic E-state index is 14.8. The van der Waals surface area contributed by atoms with E-state index in [9.17, 15) is 57.8 Å². The molecule has 0 aromatic heterocycles. The number of anilines is 2. The Labute approximate surface area is 485 Å². The zero-order valence-corrected chi connectivity index (χ0v) is 48.6. The maximum absolute atomic E-state index is 14.8. The van der Waals surface area contributed by atoms with E-state index in [0.717, 1.165) is 27.8 Å². The molecule has 3 unspecified atom stereocenters. The van der Waals surface area contributed by atoms with Gasteiger partial charge in [0.2, 0.25) is 17.7 Å². The third-order valence-electron chi connectivity index (χ3n) is 15.1. The molecule has 1 fully saturated rings. The van der Waals surface area contributed by atoms with Crippen LogP contribution >= 0.6 is 52.6 Å². The number of benzene rings is 4. The number of carboxylic acids is 1. The Morgan fingerprint density at radius 1 is 0.778 bits per heavy atom. The van der Waals surface area contributed by atoms with Crippen molar-refractivity contribution in [1.29, 1.82) is 0 Å². The quantitative estimate of drug-likeness (QED) is 0.0151. The zero-order valence-electron chi connectivity index (χ0n) is 44.6. The SMILES string of the molecule is CN(CCN(C)C(=O)Oc1cc2c(c3ccccc13)C(CCl)CN2C(=O)CCC1(C(=O)N2CC(CCl)c3c2cc(OP(=O)(O)O)c2ccccc32)CCC1)C(=O)OCCSSCC(NC(=O)CCCCCN1C(=O)C=CC1=O)C(=O)O. The van der Waals surface area contributed by atoms with E-state index in [0.29, 0.717) is 65.4 Å². The molecule has 3 atom stereocenters. The number of rotatable bonds is 26. The zero-order chi connectivity index (χ0) is 58.2. The highest BCUT2D eigenvalue weighted by Crippen LogP contribution is 2.54. The minimum absolute atomic E-state index is 0.00552. The predicted molar refractivity (Wildman–Crippen MR) is 309 cm³/mol. The van der Waals surface area contributed by atoms with Crippen LogP contribution in [0.3, 0.4) is 0 Å². The number of phosphoric ester groups is 1. The van der Waals surface area contributed by atoms with Gasteiger partial charge in [0.1, 0.15) is 24.1 Å². The third-order valence-corrected chi connectivity index (χ3v) is 18.7. The minimum atomic E-state index is -4.97. The Hall–Kier alpha value is -6.07. The predicted octanol–water partition coefficient (Wildman–Crippen LogP) is 8.39. The van der Waals surface area contributed by atoms with Crippen molar-refractivity contribution >= 4 is 133 Å². The standard InChI is InChI=1S/C55H63Cl2N6O15PS2/c1-59(53(71)76-25-26-80-81-33-40(51(68)69)58-45(64)15-4-3-9-22-61-46(65)16-17-47(61)66)23-24-60(2)54(72)77-43-27-41-49(38-13-7-5-11-36(38)43)34(29-56)31-62(41)48(67)18-21-55(19-10-20-55)52(70)63-32-35(30-57)50-39-14-8-6-12-37(39)44(28-42(50)63)78-79(73,74)75/h5-8,11-14,16-17,27-28,34-35,40H,3-4,9-10,15,18-26,29-33H2,1-2H3,(H,58,64)(H,68,69)(H2,73,74,75). The van der Waals surface area contributed by atoms with Crippen LogP contribution in [0.1, 0.15) is 80.8 Å². The summed E-state index contributed by atoms with van der Waals surface area (Å²) in [6.07, 6.45) is 4.76. The number of carbonyl (C=O) groups excluding carboxylic acids is 7. The Morgan fingerprint density at radius 3 is 1.93 bits per heavy atom. The molecule has 81 heavy (non-hydrogen) atoms. The Morgan fingerprint density at radius 2 is 1.35 bits per heavy atom. The number of alkyl halides is 2. The summed E-state index contributed by atoms with van der Waals surface area (Å²) in [7, 11) is 0.526. The highest BCUT2D eigenvalue weighted by Gasteiger charge is 2.50. The fourth-order valence-corrected chi connectivity index (χ4v) is 13.6. The second-order valence-electron chi connectivity index (χ2n) is 20.4. The van der Waals surface area contributed by atoms with Crippen LogP contribution in [-0.2, 0) is 38.1 Å². The number of fused-ring (bicyclic) bond motifs is 6. The topological polar surface area (TPSA) is 270 Å². The summed E-state index contributed by atoms with van der Waals surface area (Å²) in [5, 5.41) is 14.7. The van der Waals surface area contributed by atoms with Crippen molar-refractivity contribution in [2.75, 3.05) is 86.5 Å². The third kappa shape index (κ3) is 14.2. The number of hydrogen-bond acceptors (Lipinski definition) is 14. The van der Waals surface area contributed by atoms with Gasteiger partial charge in [0.15, 0.2) is 0 Å². The first-order valence-electron chi connectivity index (χ1n) is 26.5. The molecule has 7 amide bonds. The van der Waals surface area contributed by atoms with E-state index >= 15 is 0 Å². The summed E-state index contributed by atoms with van der Waals surface area (Å²) in [6, 6.07) is 16.4. The van der Waals surface area contributed by atoms with E-state index in [-0.39, 0.29) is 123 Å². The lowest BCUT2D eigenvalue weighted by atomic mass is 9.65. The monoisotopic (exact) mass is 1210 g/mol. The van der Waals surface area contributed by atoms with Gasteiger partial charge in [-0.05, 0) is 54.0 Å². The summed E-state index contributed by atoms with van der Waals surface area (Å²) in [4.78, 5) is 130. The first-order valence-corrected chi connectivity index (χ1v) is 31.5.